The van der Waals surface area contributed by atoms with Gasteiger partial charge in [-0.3, -0.25) is 0 Å². The Morgan fingerprint density at radius 1 is 1.09 bits per heavy atom. The van der Waals surface area contributed by atoms with E-state index in [0.717, 1.165) is 10.5 Å². The molecule has 0 amide bonds. The van der Waals surface area contributed by atoms with Crippen LogP contribution in [0.5, 0.6) is 0 Å². The molecule has 3 aromatic rings. The third-order valence-electron chi connectivity index (χ3n) is 2.90. The van der Waals surface area contributed by atoms with Crippen molar-refractivity contribution in [3.8, 4) is 23.0 Å². The first-order valence-corrected chi connectivity index (χ1v) is 7.35. The molecule has 118 valence electrons. The summed E-state index contributed by atoms with van der Waals surface area (Å²) in [5.41, 5.74) is -0.309. The molecule has 0 aliphatic carbocycles. The number of alkyl halides is 3. The van der Waals surface area contributed by atoms with Crippen LogP contribution in [0.1, 0.15) is 5.56 Å². The van der Waals surface area contributed by atoms with Crippen molar-refractivity contribution in [3.05, 3.63) is 51.6 Å². The third kappa shape index (κ3) is 3.23. The number of benzene rings is 1. The first kappa shape index (κ1) is 15.9. The Balaban J connectivity index is 2.00. The van der Waals surface area contributed by atoms with Crippen LogP contribution in [-0.4, -0.2) is 15.2 Å². The van der Waals surface area contributed by atoms with Crippen LogP contribution in [-0.2, 0) is 6.18 Å². The molecule has 0 N–H and O–H groups in total. The van der Waals surface area contributed by atoms with Crippen LogP contribution in [0.4, 0.5) is 13.2 Å². The second-order valence-electron chi connectivity index (χ2n) is 4.44. The first-order valence-electron chi connectivity index (χ1n) is 6.18. The molecule has 0 spiro atoms. The van der Waals surface area contributed by atoms with E-state index in [2.05, 4.69) is 31.1 Å². The van der Waals surface area contributed by atoms with E-state index < -0.39 is 11.7 Å². The largest absolute Gasteiger partial charge is 0.417 e. The van der Waals surface area contributed by atoms with E-state index in [1.165, 1.54) is 0 Å². The standard InChI is InChI=1S/C14H6BrClF3N3O/c15-9-4-2-1-3-8(9)12-21-22-13(23-12)11-10(16)5-7(6-20-11)14(17,18)19/h1-6H. The van der Waals surface area contributed by atoms with Crippen molar-refractivity contribution in [2.45, 2.75) is 6.18 Å². The van der Waals surface area contributed by atoms with Gasteiger partial charge in [-0.25, -0.2) is 4.98 Å². The van der Waals surface area contributed by atoms with Gasteiger partial charge in [0.15, 0.2) is 0 Å². The first-order chi connectivity index (χ1) is 10.9. The van der Waals surface area contributed by atoms with Crippen LogP contribution in [0.15, 0.2) is 45.4 Å². The van der Waals surface area contributed by atoms with Gasteiger partial charge < -0.3 is 4.42 Å². The quantitative estimate of drug-likeness (QED) is 0.587. The highest BCUT2D eigenvalue weighted by Crippen LogP contribution is 2.35. The fourth-order valence-electron chi connectivity index (χ4n) is 1.81. The summed E-state index contributed by atoms with van der Waals surface area (Å²) in [5, 5.41) is 7.44. The summed E-state index contributed by atoms with van der Waals surface area (Å²) in [6, 6.07) is 7.92. The molecule has 0 saturated carbocycles. The average Bonchev–Trinajstić information content (AvgIpc) is 2.96. The van der Waals surface area contributed by atoms with Gasteiger partial charge in [0.25, 0.3) is 5.89 Å². The van der Waals surface area contributed by atoms with Crippen molar-refractivity contribution in [2.75, 3.05) is 0 Å². The molecule has 1 aromatic carbocycles. The summed E-state index contributed by atoms with van der Waals surface area (Å²) in [7, 11) is 0. The van der Waals surface area contributed by atoms with Crippen molar-refractivity contribution in [3.63, 3.8) is 0 Å². The Morgan fingerprint density at radius 2 is 1.78 bits per heavy atom. The Bertz CT molecular complexity index is 866. The lowest BCUT2D eigenvalue weighted by atomic mass is 10.2. The van der Waals surface area contributed by atoms with E-state index in [1.54, 1.807) is 18.2 Å². The molecule has 3 rings (SSSR count). The van der Waals surface area contributed by atoms with Crippen molar-refractivity contribution in [2.24, 2.45) is 0 Å². The lowest BCUT2D eigenvalue weighted by Gasteiger charge is -2.07. The Labute approximate surface area is 141 Å². The van der Waals surface area contributed by atoms with Crippen LogP contribution in [0, 0.1) is 0 Å². The minimum atomic E-state index is -4.52. The molecule has 2 aromatic heterocycles. The maximum Gasteiger partial charge on any atom is 0.417 e. The van der Waals surface area contributed by atoms with Crippen molar-refractivity contribution in [1.82, 2.24) is 15.2 Å². The number of hydrogen-bond acceptors (Lipinski definition) is 4. The molecule has 0 bridgehead atoms. The maximum atomic E-state index is 12.6. The summed E-state index contributed by atoms with van der Waals surface area (Å²) in [6.45, 7) is 0. The number of halogens is 5. The molecular formula is C14H6BrClF3N3O. The van der Waals surface area contributed by atoms with Gasteiger partial charge in [-0.15, -0.1) is 10.2 Å². The highest BCUT2D eigenvalue weighted by Gasteiger charge is 2.32. The van der Waals surface area contributed by atoms with E-state index in [4.69, 9.17) is 16.0 Å². The van der Waals surface area contributed by atoms with Gasteiger partial charge >= 0.3 is 6.18 Å². The van der Waals surface area contributed by atoms with Gasteiger partial charge in [-0.1, -0.05) is 23.7 Å². The molecule has 2 heterocycles. The molecule has 0 radical (unpaired) electrons. The molecule has 4 nitrogen and oxygen atoms in total. The topological polar surface area (TPSA) is 51.8 Å². The average molecular weight is 405 g/mol. The van der Waals surface area contributed by atoms with Gasteiger partial charge in [0, 0.05) is 10.7 Å². The summed E-state index contributed by atoms with van der Waals surface area (Å²) >= 11 is 9.21. The second-order valence-corrected chi connectivity index (χ2v) is 5.71. The Kier molecular flexibility index (Phi) is 4.11. The number of rotatable bonds is 2. The van der Waals surface area contributed by atoms with Crippen molar-refractivity contribution in [1.29, 1.82) is 0 Å². The number of hydrogen-bond donors (Lipinski definition) is 0. The summed E-state index contributed by atoms with van der Waals surface area (Å²) in [5.74, 6) is 0.139. The van der Waals surface area contributed by atoms with Crippen LogP contribution >= 0.6 is 27.5 Å². The smallest absolute Gasteiger partial charge is 0.415 e. The molecule has 23 heavy (non-hydrogen) atoms. The molecule has 0 aliphatic heterocycles. The van der Waals surface area contributed by atoms with E-state index in [-0.39, 0.29) is 22.5 Å². The second kappa shape index (κ2) is 5.93. The monoisotopic (exact) mass is 403 g/mol. The molecule has 9 heteroatoms. The number of aromatic nitrogens is 3. The maximum absolute atomic E-state index is 12.6. The van der Waals surface area contributed by atoms with E-state index in [9.17, 15) is 13.2 Å². The van der Waals surface area contributed by atoms with Gasteiger partial charge in [0.1, 0.15) is 5.69 Å². The Hall–Kier alpha value is -1.93. The Morgan fingerprint density at radius 3 is 2.43 bits per heavy atom. The SMILES string of the molecule is FC(F)(F)c1cnc(-c2nnc(-c3ccccc3Br)o2)c(Cl)c1. The minimum absolute atomic E-state index is 0.00882. The van der Waals surface area contributed by atoms with Crippen LogP contribution in [0.2, 0.25) is 5.02 Å². The normalized spacial score (nSPS) is 11.7. The molecular weight excluding hydrogens is 399 g/mol. The predicted molar refractivity (Wildman–Crippen MR) is 80.7 cm³/mol. The van der Waals surface area contributed by atoms with Crippen molar-refractivity contribution < 1.29 is 17.6 Å². The van der Waals surface area contributed by atoms with E-state index >= 15 is 0 Å². The van der Waals surface area contributed by atoms with Crippen LogP contribution in [0.25, 0.3) is 23.0 Å². The van der Waals surface area contributed by atoms with Gasteiger partial charge in [-0.05, 0) is 34.1 Å². The van der Waals surface area contributed by atoms with Crippen molar-refractivity contribution >= 4 is 27.5 Å². The van der Waals surface area contributed by atoms with Gasteiger partial charge in [0.05, 0.1) is 16.1 Å². The van der Waals surface area contributed by atoms with Gasteiger partial charge in [0.2, 0.25) is 5.89 Å². The molecule has 0 unspecified atom stereocenters. The lowest BCUT2D eigenvalue weighted by Crippen LogP contribution is -2.05. The predicted octanol–water partition coefficient (Wildman–Crippen LogP) is 5.23. The minimum Gasteiger partial charge on any atom is -0.415 e. The number of pyridine rings is 1. The summed E-state index contributed by atoms with van der Waals surface area (Å²) in [6.07, 6.45) is -3.85. The van der Waals surface area contributed by atoms with Gasteiger partial charge in [-0.2, -0.15) is 13.2 Å². The third-order valence-corrected chi connectivity index (χ3v) is 3.88. The van der Waals surface area contributed by atoms with Crippen LogP contribution in [0.3, 0.4) is 0 Å². The molecule has 0 atom stereocenters. The van der Waals surface area contributed by atoms with E-state index in [0.29, 0.717) is 11.8 Å². The molecule has 0 saturated heterocycles. The van der Waals surface area contributed by atoms with Crippen LogP contribution < -0.4 is 0 Å². The lowest BCUT2D eigenvalue weighted by molar-refractivity contribution is -0.137. The fourth-order valence-corrected chi connectivity index (χ4v) is 2.51. The highest BCUT2D eigenvalue weighted by molar-refractivity contribution is 9.10. The zero-order valence-electron chi connectivity index (χ0n) is 11.1. The molecule has 0 fully saturated rings. The summed E-state index contributed by atoms with van der Waals surface area (Å²) < 4.78 is 44.1. The van der Waals surface area contributed by atoms with E-state index in [1.807, 2.05) is 6.07 Å². The zero-order valence-corrected chi connectivity index (χ0v) is 13.4. The number of nitrogens with zero attached hydrogens (tertiary/aromatic N) is 3. The molecule has 0 aliphatic rings. The highest BCUT2D eigenvalue weighted by atomic mass is 79.9. The fraction of sp³-hybridized carbons (Fsp3) is 0.0714. The zero-order chi connectivity index (χ0) is 16.6. The summed E-state index contributed by atoms with van der Waals surface area (Å²) in [4.78, 5) is 3.68.